The average Bonchev–Trinajstić information content (AvgIpc) is 4.02. The molecule has 3 aromatic heterocycles. The molecule has 0 N–H and O–H groups in total. The third-order valence-electron chi connectivity index (χ3n) is 11.0. The first-order valence-corrected chi connectivity index (χ1v) is 18.6. The Hall–Kier alpha value is -7.62. The number of aromatic nitrogens is 3. The van der Waals surface area contributed by atoms with Crippen LogP contribution in [0.1, 0.15) is 17.8 Å². The van der Waals surface area contributed by atoms with Crippen LogP contribution in [0.3, 0.4) is 0 Å². The van der Waals surface area contributed by atoms with Crippen LogP contribution in [-0.4, -0.2) is 13.7 Å². The van der Waals surface area contributed by atoms with Crippen molar-refractivity contribution in [3.05, 3.63) is 212 Å². The van der Waals surface area contributed by atoms with Crippen LogP contribution >= 0.6 is 0 Å². The normalized spacial score (nSPS) is 15.1. The molecule has 12 rings (SSSR count). The fourth-order valence-electron chi connectivity index (χ4n) is 8.71. The maximum Gasteiger partial charge on any atom is 0.0782 e. The van der Waals surface area contributed by atoms with Gasteiger partial charge in [-0.3, -0.25) is 0 Å². The summed E-state index contributed by atoms with van der Waals surface area (Å²) in [6.45, 7) is 0. The third-order valence-corrected chi connectivity index (χ3v) is 11.0. The summed E-state index contributed by atoms with van der Waals surface area (Å²) in [5, 5.41) is 5.61. The fourth-order valence-corrected chi connectivity index (χ4v) is 8.71. The Kier molecular flexibility index (Phi) is 4.69. The van der Waals surface area contributed by atoms with Crippen molar-refractivity contribution in [1.82, 2.24) is 13.7 Å². The van der Waals surface area contributed by atoms with Crippen molar-refractivity contribution in [2.45, 2.75) is 0 Å². The smallest absolute Gasteiger partial charge is 0.0782 e. The topological polar surface area (TPSA) is 14.8 Å². The Morgan fingerprint density at radius 2 is 0.789 bits per heavy atom. The van der Waals surface area contributed by atoms with Crippen molar-refractivity contribution in [3.63, 3.8) is 0 Å². The van der Waals surface area contributed by atoms with Gasteiger partial charge >= 0.3 is 0 Å². The molecule has 3 heteroatoms. The van der Waals surface area contributed by atoms with Gasteiger partial charge in [0.1, 0.15) is 0 Å². The molecule has 0 atom stereocenters. The van der Waals surface area contributed by atoms with Crippen LogP contribution in [0.25, 0.3) is 105 Å². The number of benzene rings is 9. The second-order valence-corrected chi connectivity index (χ2v) is 13.9. The van der Waals surface area contributed by atoms with Gasteiger partial charge in [-0.15, -0.1) is 0 Å². The summed E-state index contributed by atoms with van der Waals surface area (Å²) in [5.41, 5.74) is 4.87. The van der Waals surface area contributed by atoms with E-state index in [4.69, 9.17) is 15.1 Å². The Balaban J connectivity index is 1.24. The monoisotopic (exact) mass is 738 g/mol. The molecule has 0 aliphatic rings. The van der Waals surface area contributed by atoms with Gasteiger partial charge in [-0.1, -0.05) is 163 Å². The van der Waals surface area contributed by atoms with Crippen molar-refractivity contribution in [1.29, 1.82) is 0 Å². The van der Waals surface area contributed by atoms with E-state index in [0.717, 1.165) is 55.0 Å². The van der Waals surface area contributed by atoms with E-state index in [-0.39, 0.29) is 16.8 Å². The summed E-state index contributed by atoms with van der Waals surface area (Å²) < 4.78 is 123. The van der Waals surface area contributed by atoms with Crippen LogP contribution in [-0.2, 0) is 0 Å². The maximum atomic E-state index is 9.51. The van der Waals surface area contributed by atoms with Crippen LogP contribution in [0, 0.1) is 0 Å². The molecule has 0 saturated heterocycles. The summed E-state index contributed by atoms with van der Waals surface area (Å²) in [7, 11) is 0. The minimum atomic E-state index is -0.735. The fraction of sp³-hybridized carbons (Fsp3) is 0. The molecule has 0 saturated carbocycles. The van der Waals surface area contributed by atoms with Crippen molar-refractivity contribution in [2.24, 2.45) is 0 Å². The number of para-hydroxylation sites is 6. The minimum Gasteiger partial charge on any atom is -0.308 e. The first-order chi connectivity index (χ1) is 33.7. The predicted octanol–water partition coefficient (Wildman–Crippen LogP) is 14.3. The van der Waals surface area contributed by atoms with E-state index in [2.05, 4.69) is 63.7 Å². The van der Waals surface area contributed by atoms with Crippen LogP contribution in [0.5, 0.6) is 0 Å². The number of nitrogens with zero attached hydrogens (tertiary/aromatic N) is 3. The Morgan fingerprint density at radius 3 is 1.37 bits per heavy atom. The highest BCUT2D eigenvalue weighted by Crippen LogP contribution is 2.44. The predicted molar refractivity (Wildman–Crippen MR) is 240 cm³/mol. The van der Waals surface area contributed by atoms with Gasteiger partial charge in [0.15, 0.2) is 0 Å². The lowest BCUT2D eigenvalue weighted by molar-refractivity contribution is 1.13. The lowest BCUT2D eigenvalue weighted by Crippen LogP contribution is -2.02. The Morgan fingerprint density at radius 1 is 0.333 bits per heavy atom. The van der Waals surface area contributed by atoms with Gasteiger partial charge in [0.25, 0.3) is 0 Å². The molecular formula is C54H35N3. The van der Waals surface area contributed by atoms with Crippen molar-refractivity contribution < 1.29 is 17.8 Å². The summed E-state index contributed by atoms with van der Waals surface area (Å²) in [5.74, 6) is 0. The molecule has 0 radical (unpaired) electrons. The van der Waals surface area contributed by atoms with Crippen molar-refractivity contribution in [2.75, 3.05) is 0 Å². The zero-order valence-corrected chi connectivity index (χ0v) is 30.0. The molecule has 3 heterocycles. The summed E-state index contributed by atoms with van der Waals surface area (Å²) in [6, 6.07) is 35.3. The molecule has 9 aromatic carbocycles. The van der Waals surface area contributed by atoms with Crippen LogP contribution in [0.15, 0.2) is 212 Å². The van der Waals surface area contributed by atoms with Crippen LogP contribution in [0.2, 0.25) is 0 Å². The van der Waals surface area contributed by atoms with Crippen LogP contribution < -0.4 is 0 Å². The first kappa shape index (κ1) is 21.5. The molecule has 266 valence electrons. The molecule has 0 bridgehead atoms. The summed E-state index contributed by atoms with van der Waals surface area (Å²) in [4.78, 5) is 0. The standard InChI is InChI=1S/C54H35N3/c1-3-17-36(18-4-1)39-25-15-26-40(37-19-5-2-6-20-37)53(39)57-50-31-14-10-24-44(50)46-35-38(33-34-51(46)57)55-47-28-11-9-23-43(47)45-27-16-32-52(54(45)55)56-48-29-12-7-21-41(48)42-22-8-13-30-49(42)56/h1-35H/i1D,2D,3D,4D,5D,6D,15D,17D,18D,19D,20D,25D,26D. The molecule has 3 nitrogen and oxygen atoms in total. The molecule has 0 fully saturated rings. The van der Waals surface area contributed by atoms with E-state index < -0.39 is 89.7 Å². The molecule has 0 unspecified atom stereocenters. The average molecular weight is 739 g/mol. The highest BCUT2D eigenvalue weighted by molar-refractivity contribution is 6.16. The quantitative estimate of drug-likeness (QED) is 0.167. The first-order valence-electron chi connectivity index (χ1n) is 25.1. The lowest BCUT2D eigenvalue weighted by atomic mass is 9.95. The Bertz CT molecular complexity index is 4090. The molecule has 0 amide bonds. The maximum absolute atomic E-state index is 9.51. The van der Waals surface area contributed by atoms with E-state index in [9.17, 15) is 2.74 Å². The number of hydrogen-bond donors (Lipinski definition) is 0. The van der Waals surface area contributed by atoms with E-state index in [1.54, 1.807) is 16.7 Å². The second-order valence-electron chi connectivity index (χ2n) is 13.9. The SMILES string of the molecule is [2H]c1c([2H])c([2H])c(-c2c([2H])c([2H])c([2H])c(-c3c([2H])c([2H])c([2H])c([2H])c3[2H])c2-n2c3ccccc3c3cc(-n4c5ccccc5c5cccc(-n6c7ccccc7c7ccccc76)c54)ccc32)c([2H])c1[2H]. The molecule has 0 spiro atoms. The summed E-state index contributed by atoms with van der Waals surface area (Å²) in [6.07, 6.45) is 0. The highest BCUT2D eigenvalue weighted by Gasteiger charge is 2.23. The van der Waals surface area contributed by atoms with Gasteiger partial charge in [0, 0.05) is 49.1 Å². The second kappa shape index (κ2) is 12.5. The molecule has 0 aliphatic carbocycles. The molecule has 0 aliphatic heterocycles. The molecule has 57 heavy (non-hydrogen) atoms. The number of fused-ring (bicyclic) bond motifs is 9. The van der Waals surface area contributed by atoms with Crippen molar-refractivity contribution in [3.8, 4) is 39.3 Å². The zero-order valence-electron chi connectivity index (χ0n) is 43.0. The van der Waals surface area contributed by atoms with Gasteiger partial charge < -0.3 is 13.7 Å². The largest absolute Gasteiger partial charge is 0.308 e. The van der Waals surface area contributed by atoms with Gasteiger partial charge in [0.2, 0.25) is 0 Å². The lowest BCUT2D eigenvalue weighted by Gasteiger charge is -2.19. The van der Waals surface area contributed by atoms with Crippen molar-refractivity contribution >= 4 is 65.4 Å². The third kappa shape index (κ3) is 4.66. The summed E-state index contributed by atoms with van der Waals surface area (Å²) >= 11 is 0. The van der Waals surface area contributed by atoms with Gasteiger partial charge in [-0.2, -0.15) is 0 Å². The van der Waals surface area contributed by atoms with Crippen LogP contribution in [0.4, 0.5) is 0 Å². The number of hydrogen-bond acceptors (Lipinski definition) is 0. The zero-order chi connectivity index (χ0) is 48.8. The van der Waals surface area contributed by atoms with Gasteiger partial charge in [0.05, 0.1) is 62.3 Å². The van der Waals surface area contributed by atoms with Gasteiger partial charge in [-0.05, 0) is 59.7 Å². The molecule has 12 aromatic rings. The number of rotatable bonds is 5. The molecular weight excluding hydrogens is 691 g/mol. The Labute approximate surface area is 347 Å². The van der Waals surface area contributed by atoms with E-state index in [1.807, 2.05) is 66.7 Å². The van der Waals surface area contributed by atoms with Gasteiger partial charge in [-0.25, -0.2) is 0 Å². The minimum absolute atomic E-state index is 0.160. The van der Waals surface area contributed by atoms with E-state index in [0.29, 0.717) is 21.8 Å². The van der Waals surface area contributed by atoms with E-state index >= 15 is 0 Å². The highest BCUT2D eigenvalue weighted by atomic mass is 15.1. The van der Waals surface area contributed by atoms with E-state index in [1.165, 1.54) is 0 Å².